The molecule has 0 unspecified atom stereocenters. The topological polar surface area (TPSA) is 96.9 Å². The summed E-state index contributed by atoms with van der Waals surface area (Å²) in [4.78, 5) is 44.0. The molecule has 7 nitrogen and oxygen atoms in total. The average Bonchev–Trinajstić information content (AvgIpc) is 2.71. The zero-order valence-corrected chi connectivity index (χ0v) is 15.0. The maximum Gasteiger partial charge on any atom is 0.328 e. The number of aromatic amines is 1. The lowest BCUT2D eigenvalue weighted by atomic mass is 10.2. The van der Waals surface area contributed by atoms with Gasteiger partial charge in [0.05, 0.1) is 22.1 Å². The van der Waals surface area contributed by atoms with Crippen molar-refractivity contribution in [2.45, 2.75) is 19.4 Å². The molecule has 0 aliphatic rings. The van der Waals surface area contributed by atoms with E-state index in [0.29, 0.717) is 23.0 Å². The van der Waals surface area contributed by atoms with E-state index in [4.69, 9.17) is 0 Å². The quantitative estimate of drug-likeness (QED) is 0.561. The van der Waals surface area contributed by atoms with Crippen LogP contribution in [0.2, 0.25) is 0 Å². The summed E-state index contributed by atoms with van der Waals surface area (Å²) in [5.41, 5.74) is 1.06. The molecule has 2 heterocycles. The highest BCUT2D eigenvalue weighted by Gasteiger charge is 2.10. The van der Waals surface area contributed by atoms with Crippen molar-refractivity contribution in [3.8, 4) is 0 Å². The molecule has 2 N–H and O–H groups in total. The van der Waals surface area contributed by atoms with Crippen molar-refractivity contribution in [3.63, 3.8) is 0 Å². The lowest BCUT2D eigenvalue weighted by molar-refractivity contribution is -0.116. The van der Waals surface area contributed by atoms with Crippen molar-refractivity contribution in [2.24, 2.45) is 0 Å². The first-order valence-corrected chi connectivity index (χ1v) is 8.99. The van der Waals surface area contributed by atoms with E-state index in [1.54, 1.807) is 36.5 Å². The van der Waals surface area contributed by atoms with E-state index in [2.05, 4.69) is 15.3 Å². The third-order valence-corrected chi connectivity index (χ3v) is 4.58. The molecule has 4 aromatic rings. The number of benzene rings is 2. The molecule has 0 saturated heterocycles. The SMILES string of the molecule is O=C(CCCn1c(=O)[nH]c2ccccc2c1=O)Nc1cccc2cccnc12. The van der Waals surface area contributed by atoms with E-state index < -0.39 is 5.69 Å². The number of pyridine rings is 1. The van der Waals surface area contributed by atoms with E-state index in [9.17, 15) is 14.4 Å². The molecule has 140 valence electrons. The second kappa shape index (κ2) is 7.48. The van der Waals surface area contributed by atoms with Gasteiger partial charge in [0.25, 0.3) is 5.56 Å². The Bertz CT molecular complexity index is 1280. The summed E-state index contributed by atoms with van der Waals surface area (Å²) < 4.78 is 1.13. The molecule has 0 atom stereocenters. The van der Waals surface area contributed by atoms with Crippen LogP contribution in [-0.4, -0.2) is 20.4 Å². The number of amides is 1. The summed E-state index contributed by atoms with van der Waals surface area (Å²) in [5.74, 6) is -0.191. The Balaban J connectivity index is 1.45. The Morgan fingerprint density at radius 1 is 1.04 bits per heavy atom. The number of fused-ring (bicyclic) bond motifs is 2. The predicted molar refractivity (Wildman–Crippen MR) is 108 cm³/mol. The third-order valence-electron chi connectivity index (χ3n) is 4.58. The van der Waals surface area contributed by atoms with Crippen molar-refractivity contribution in [2.75, 3.05) is 5.32 Å². The van der Waals surface area contributed by atoms with Crippen LogP contribution in [0.3, 0.4) is 0 Å². The zero-order chi connectivity index (χ0) is 19.5. The Kier molecular flexibility index (Phi) is 4.72. The minimum atomic E-state index is -0.470. The van der Waals surface area contributed by atoms with Crippen LogP contribution in [0.1, 0.15) is 12.8 Å². The van der Waals surface area contributed by atoms with Crippen LogP contribution in [0, 0.1) is 0 Å². The predicted octanol–water partition coefficient (Wildman–Crippen LogP) is 2.66. The van der Waals surface area contributed by atoms with Crippen LogP contribution in [0.25, 0.3) is 21.8 Å². The van der Waals surface area contributed by atoms with Gasteiger partial charge in [0.1, 0.15) is 0 Å². The van der Waals surface area contributed by atoms with Crippen molar-refractivity contribution in [3.05, 3.63) is 81.6 Å². The number of H-pyrrole nitrogens is 1. The fourth-order valence-electron chi connectivity index (χ4n) is 3.22. The number of rotatable bonds is 5. The molecule has 28 heavy (non-hydrogen) atoms. The van der Waals surface area contributed by atoms with Gasteiger partial charge in [-0.05, 0) is 30.7 Å². The number of hydrogen-bond acceptors (Lipinski definition) is 4. The number of carbonyl (C=O) groups excluding carboxylic acids is 1. The highest BCUT2D eigenvalue weighted by Crippen LogP contribution is 2.20. The van der Waals surface area contributed by atoms with Crippen LogP contribution in [0.15, 0.2) is 70.4 Å². The van der Waals surface area contributed by atoms with Gasteiger partial charge in [-0.3, -0.25) is 19.1 Å². The van der Waals surface area contributed by atoms with Gasteiger partial charge in [0, 0.05) is 24.5 Å². The smallest absolute Gasteiger partial charge is 0.324 e. The van der Waals surface area contributed by atoms with Crippen molar-refractivity contribution in [1.29, 1.82) is 0 Å². The van der Waals surface area contributed by atoms with Crippen LogP contribution < -0.4 is 16.6 Å². The maximum atomic E-state index is 12.5. The molecule has 2 aromatic carbocycles. The van der Waals surface area contributed by atoms with Crippen LogP contribution >= 0.6 is 0 Å². The summed E-state index contributed by atoms with van der Waals surface area (Å²) in [5, 5.41) is 4.25. The first kappa shape index (κ1) is 17.7. The van der Waals surface area contributed by atoms with Gasteiger partial charge >= 0.3 is 5.69 Å². The van der Waals surface area contributed by atoms with E-state index >= 15 is 0 Å². The Hall–Kier alpha value is -3.74. The third kappa shape index (κ3) is 3.42. The monoisotopic (exact) mass is 374 g/mol. The van der Waals surface area contributed by atoms with Gasteiger partial charge in [0.2, 0.25) is 5.91 Å². The fourth-order valence-corrected chi connectivity index (χ4v) is 3.22. The molecule has 7 heteroatoms. The van der Waals surface area contributed by atoms with E-state index in [1.807, 2.05) is 24.3 Å². The Morgan fingerprint density at radius 3 is 2.75 bits per heavy atom. The molecule has 0 bridgehead atoms. The highest BCUT2D eigenvalue weighted by atomic mass is 16.2. The molecule has 0 saturated carbocycles. The minimum absolute atomic E-state index is 0.167. The van der Waals surface area contributed by atoms with Gasteiger partial charge < -0.3 is 10.3 Å². The molecule has 0 aliphatic heterocycles. The first-order chi connectivity index (χ1) is 13.6. The highest BCUT2D eigenvalue weighted by molar-refractivity contribution is 6.00. The molecule has 4 rings (SSSR count). The number of nitrogens with one attached hydrogen (secondary N) is 2. The van der Waals surface area contributed by atoms with Crippen LogP contribution in [-0.2, 0) is 11.3 Å². The molecule has 0 radical (unpaired) electrons. The zero-order valence-electron chi connectivity index (χ0n) is 15.0. The number of anilines is 1. The molecule has 0 aliphatic carbocycles. The molecule has 1 amide bonds. The summed E-state index contributed by atoms with van der Waals surface area (Å²) >= 11 is 0. The van der Waals surface area contributed by atoms with Crippen molar-refractivity contribution >= 4 is 33.4 Å². The van der Waals surface area contributed by atoms with Gasteiger partial charge in [-0.1, -0.05) is 30.3 Å². The van der Waals surface area contributed by atoms with Gasteiger partial charge in [-0.2, -0.15) is 0 Å². The summed E-state index contributed by atoms with van der Waals surface area (Å²) in [6.45, 7) is 0.167. The Labute approximate surface area is 159 Å². The molecule has 0 fully saturated rings. The summed E-state index contributed by atoms with van der Waals surface area (Å²) in [6.07, 6.45) is 2.23. The minimum Gasteiger partial charge on any atom is -0.324 e. The first-order valence-electron chi connectivity index (χ1n) is 8.99. The van der Waals surface area contributed by atoms with Crippen molar-refractivity contribution in [1.82, 2.24) is 14.5 Å². The van der Waals surface area contributed by atoms with Crippen molar-refractivity contribution < 1.29 is 4.79 Å². The second-order valence-electron chi connectivity index (χ2n) is 6.46. The van der Waals surface area contributed by atoms with E-state index in [0.717, 1.165) is 15.5 Å². The van der Waals surface area contributed by atoms with Gasteiger partial charge in [-0.25, -0.2) is 4.79 Å². The number of aromatic nitrogens is 3. The standard InChI is InChI=1S/C21H18N4O3/c26-18(23-17-10-3-6-14-7-4-12-22-19(14)17)11-5-13-25-20(27)15-8-1-2-9-16(15)24-21(25)28/h1-4,6-10,12H,5,11,13H2,(H,23,26)(H,24,28). The number of carbonyl (C=O) groups is 1. The molecular formula is C21H18N4O3. The maximum absolute atomic E-state index is 12.5. The number of para-hydroxylation sites is 2. The van der Waals surface area contributed by atoms with E-state index in [1.165, 1.54) is 0 Å². The molecular weight excluding hydrogens is 356 g/mol. The number of hydrogen-bond donors (Lipinski definition) is 2. The molecule has 0 spiro atoms. The van der Waals surface area contributed by atoms with Gasteiger partial charge in [0.15, 0.2) is 0 Å². The van der Waals surface area contributed by atoms with E-state index in [-0.39, 0.29) is 24.4 Å². The fraction of sp³-hybridized carbons (Fsp3) is 0.143. The lowest BCUT2D eigenvalue weighted by Crippen LogP contribution is -2.35. The largest absolute Gasteiger partial charge is 0.328 e. The average molecular weight is 374 g/mol. The normalized spacial score (nSPS) is 11.0. The van der Waals surface area contributed by atoms with Gasteiger partial charge in [-0.15, -0.1) is 0 Å². The summed E-state index contributed by atoms with van der Waals surface area (Å²) in [7, 11) is 0. The Morgan fingerprint density at radius 2 is 1.86 bits per heavy atom. The lowest BCUT2D eigenvalue weighted by Gasteiger charge is -2.09. The number of nitrogens with zero attached hydrogens (tertiary/aromatic N) is 2. The second-order valence-corrected chi connectivity index (χ2v) is 6.46. The molecule has 2 aromatic heterocycles. The van der Waals surface area contributed by atoms with Crippen LogP contribution in [0.5, 0.6) is 0 Å². The summed E-state index contributed by atoms with van der Waals surface area (Å²) in [6, 6.07) is 16.2. The van der Waals surface area contributed by atoms with Crippen LogP contribution in [0.4, 0.5) is 5.69 Å².